The molecule has 4 heteroatoms. The largest absolute Gasteiger partial charge is 0.268 e. The fourth-order valence-electron chi connectivity index (χ4n) is 1.29. The molecule has 0 aromatic carbocycles. The van der Waals surface area contributed by atoms with Gasteiger partial charge in [0, 0.05) is 17.3 Å². The maximum absolute atomic E-state index is 6.06. The van der Waals surface area contributed by atoms with Crippen LogP contribution < -0.4 is 0 Å². The molecule has 2 unspecified atom stereocenters. The van der Waals surface area contributed by atoms with Crippen molar-refractivity contribution in [1.82, 2.24) is 9.78 Å². The first-order chi connectivity index (χ1) is 6.07. The molecule has 2 nitrogen and oxygen atoms in total. The van der Waals surface area contributed by atoms with Crippen LogP contribution in [-0.4, -0.2) is 14.6 Å². The summed E-state index contributed by atoms with van der Waals surface area (Å²) in [6.45, 7) is 7.20. The first-order valence-electron chi connectivity index (χ1n) is 4.43. The highest BCUT2D eigenvalue weighted by atomic mass is 79.9. The summed E-state index contributed by atoms with van der Waals surface area (Å²) in [6.07, 6.45) is 1.71. The topological polar surface area (TPSA) is 17.8 Å². The number of hydrogen-bond acceptors (Lipinski definition) is 1. The lowest BCUT2D eigenvalue weighted by molar-refractivity contribution is 0.581. The van der Waals surface area contributed by atoms with Gasteiger partial charge in [-0.3, -0.25) is 4.68 Å². The summed E-state index contributed by atoms with van der Waals surface area (Å²) in [5.41, 5.74) is 1.12. The Balaban J connectivity index is 3.03. The van der Waals surface area contributed by atoms with Crippen LogP contribution in [0.1, 0.15) is 32.4 Å². The molecule has 0 radical (unpaired) electrons. The number of hydrogen-bond donors (Lipinski definition) is 0. The molecule has 1 aromatic rings. The van der Waals surface area contributed by atoms with E-state index in [1.54, 1.807) is 6.20 Å². The minimum Gasteiger partial charge on any atom is -0.268 e. The van der Waals surface area contributed by atoms with Crippen LogP contribution in [-0.2, 0) is 6.54 Å². The molecule has 1 rings (SSSR count). The van der Waals surface area contributed by atoms with Crippen molar-refractivity contribution in [3.8, 4) is 0 Å². The fourth-order valence-corrected chi connectivity index (χ4v) is 1.86. The molecule has 0 aliphatic carbocycles. The Bertz CT molecular complexity index is 283. The zero-order valence-corrected chi connectivity index (χ0v) is 10.4. The summed E-state index contributed by atoms with van der Waals surface area (Å²) < 4.78 is 1.95. The average Bonchev–Trinajstić information content (AvgIpc) is 2.45. The number of aromatic nitrogens is 2. The van der Waals surface area contributed by atoms with Crippen LogP contribution in [0.15, 0.2) is 6.20 Å². The summed E-state index contributed by atoms with van der Waals surface area (Å²) in [5, 5.41) is 4.97. The van der Waals surface area contributed by atoms with Gasteiger partial charge in [0.25, 0.3) is 0 Å². The average molecular weight is 266 g/mol. The maximum Gasteiger partial charge on any atom is 0.0821 e. The van der Waals surface area contributed by atoms with Gasteiger partial charge in [0.2, 0.25) is 0 Å². The van der Waals surface area contributed by atoms with Crippen molar-refractivity contribution in [2.45, 2.75) is 38.1 Å². The molecule has 0 amide bonds. The van der Waals surface area contributed by atoms with Gasteiger partial charge in [-0.15, -0.1) is 0 Å². The Morgan fingerprint density at radius 2 is 2.23 bits per heavy atom. The summed E-state index contributed by atoms with van der Waals surface area (Å²) >= 11 is 9.62. The number of aryl methyl sites for hydroxylation is 1. The Morgan fingerprint density at radius 1 is 1.62 bits per heavy atom. The van der Waals surface area contributed by atoms with E-state index < -0.39 is 0 Å². The van der Waals surface area contributed by atoms with Gasteiger partial charge in [0.05, 0.1) is 16.9 Å². The van der Waals surface area contributed by atoms with E-state index in [9.17, 15) is 0 Å². The predicted octanol–water partition coefficient (Wildman–Crippen LogP) is 3.44. The summed E-state index contributed by atoms with van der Waals surface area (Å²) in [6, 6.07) is 0. The van der Waals surface area contributed by atoms with Crippen molar-refractivity contribution in [3.05, 3.63) is 16.9 Å². The van der Waals surface area contributed by atoms with Crippen molar-refractivity contribution in [3.63, 3.8) is 0 Å². The third-order valence-electron chi connectivity index (χ3n) is 2.25. The van der Waals surface area contributed by atoms with Gasteiger partial charge in [-0.1, -0.05) is 41.4 Å². The first kappa shape index (κ1) is 11.1. The lowest BCUT2D eigenvalue weighted by Gasteiger charge is -2.16. The van der Waals surface area contributed by atoms with Crippen LogP contribution in [0.5, 0.6) is 0 Å². The summed E-state index contributed by atoms with van der Waals surface area (Å²) in [5.74, 6) is 0.384. The smallest absolute Gasteiger partial charge is 0.0821 e. The Kier molecular flexibility index (Phi) is 3.80. The number of nitrogens with zero attached hydrogens (tertiary/aromatic N) is 2. The second kappa shape index (κ2) is 4.47. The maximum atomic E-state index is 6.06. The minimum absolute atomic E-state index is 0.384. The highest BCUT2D eigenvalue weighted by molar-refractivity contribution is 9.09. The molecule has 1 heterocycles. The number of halogens is 2. The fraction of sp³-hybridized carbons (Fsp3) is 0.667. The van der Waals surface area contributed by atoms with Crippen molar-refractivity contribution in [1.29, 1.82) is 0 Å². The second-order valence-corrected chi connectivity index (χ2v) is 5.01. The molecule has 0 fully saturated rings. The van der Waals surface area contributed by atoms with E-state index >= 15 is 0 Å². The van der Waals surface area contributed by atoms with E-state index in [1.165, 1.54) is 0 Å². The summed E-state index contributed by atoms with van der Waals surface area (Å²) in [4.78, 5) is 0.409. The van der Waals surface area contributed by atoms with Gasteiger partial charge in [-0.2, -0.15) is 5.10 Å². The van der Waals surface area contributed by atoms with E-state index in [4.69, 9.17) is 11.6 Å². The number of alkyl halides is 1. The van der Waals surface area contributed by atoms with Crippen LogP contribution in [0.2, 0.25) is 5.02 Å². The normalized spacial score (nSPS) is 15.8. The Morgan fingerprint density at radius 3 is 2.69 bits per heavy atom. The van der Waals surface area contributed by atoms with Gasteiger partial charge in [0.1, 0.15) is 0 Å². The van der Waals surface area contributed by atoms with Crippen LogP contribution in [0.3, 0.4) is 0 Å². The number of rotatable bonds is 3. The van der Waals surface area contributed by atoms with E-state index in [0.717, 1.165) is 17.3 Å². The Hall–Kier alpha value is -0.0200. The van der Waals surface area contributed by atoms with Gasteiger partial charge >= 0.3 is 0 Å². The molecular formula is C9H14BrClN2. The van der Waals surface area contributed by atoms with Crippen LogP contribution in [0.25, 0.3) is 0 Å². The summed E-state index contributed by atoms with van der Waals surface area (Å²) in [7, 11) is 0. The predicted molar refractivity (Wildman–Crippen MR) is 59.7 cm³/mol. The third-order valence-corrected chi connectivity index (χ3v) is 3.34. The highest BCUT2D eigenvalue weighted by Crippen LogP contribution is 2.29. The van der Waals surface area contributed by atoms with Crippen LogP contribution in [0, 0.1) is 0 Å². The molecule has 13 heavy (non-hydrogen) atoms. The molecule has 1 aromatic heterocycles. The van der Waals surface area contributed by atoms with Gasteiger partial charge < -0.3 is 0 Å². The van der Waals surface area contributed by atoms with Gasteiger partial charge in [0.15, 0.2) is 0 Å². The zero-order chi connectivity index (χ0) is 10.0. The van der Waals surface area contributed by atoms with E-state index in [0.29, 0.717) is 10.7 Å². The van der Waals surface area contributed by atoms with Crippen molar-refractivity contribution in [2.24, 2.45) is 0 Å². The van der Waals surface area contributed by atoms with E-state index in [2.05, 4.69) is 41.8 Å². The van der Waals surface area contributed by atoms with E-state index in [1.807, 2.05) is 4.68 Å². The Labute approximate surface area is 92.4 Å². The quantitative estimate of drug-likeness (QED) is 0.766. The molecule has 0 saturated carbocycles. The molecule has 0 aliphatic heterocycles. The highest BCUT2D eigenvalue weighted by Gasteiger charge is 2.19. The van der Waals surface area contributed by atoms with Crippen LogP contribution in [0.4, 0.5) is 0 Å². The minimum atomic E-state index is 0.384. The first-order valence-corrected chi connectivity index (χ1v) is 5.72. The van der Waals surface area contributed by atoms with Crippen molar-refractivity contribution < 1.29 is 0 Å². The van der Waals surface area contributed by atoms with Crippen molar-refractivity contribution in [2.75, 3.05) is 0 Å². The molecule has 74 valence electrons. The molecule has 0 aliphatic rings. The molecule has 2 atom stereocenters. The van der Waals surface area contributed by atoms with E-state index in [-0.39, 0.29) is 0 Å². The second-order valence-electron chi connectivity index (χ2n) is 3.16. The lowest BCUT2D eigenvalue weighted by atomic mass is 10.1. The molecule has 0 saturated heterocycles. The third kappa shape index (κ3) is 2.26. The molecule has 0 N–H and O–H groups in total. The molecular weight excluding hydrogens is 251 g/mol. The standard InChI is InChI=1S/C9H14BrClN2/c1-4-13-9(6(2)7(3)10)8(11)5-12-13/h5-7H,4H2,1-3H3. The SMILES string of the molecule is CCn1ncc(Cl)c1C(C)C(C)Br. The molecule has 0 spiro atoms. The van der Waals surface area contributed by atoms with Gasteiger partial charge in [-0.25, -0.2) is 0 Å². The van der Waals surface area contributed by atoms with Crippen molar-refractivity contribution >= 4 is 27.5 Å². The van der Waals surface area contributed by atoms with Gasteiger partial charge in [-0.05, 0) is 6.92 Å². The lowest BCUT2D eigenvalue weighted by Crippen LogP contribution is -2.12. The zero-order valence-electron chi connectivity index (χ0n) is 8.09. The van der Waals surface area contributed by atoms with Crippen LogP contribution >= 0.6 is 27.5 Å². The monoisotopic (exact) mass is 264 g/mol. The molecule has 0 bridgehead atoms.